The van der Waals surface area contributed by atoms with Crippen LogP contribution < -0.4 is 20.5 Å². The minimum atomic E-state index is -0.152. The molecule has 3 aromatic carbocycles. The molecule has 3 heterocycles. The van der Waals surface area contributed by atoms with E-state index in [0.717, 1.165) is 104 Å². The third-order valence-corrected chi connectivity index (χ3v) is 9.07. The number of aromatic amines is 2. The average molecular weight is 625 g/mol. The molecule has 5 aromatic rings. The van der Waals surface area contributed by atoms with Crippen LogP contribution in [0.5, 0.6) is 11.5 Å². The lowest BCUT2D eigenvalue weighted by Crippen LogP contribution is -2.44. The van der Waals surface area contributed by atoms with E-state index in [9.17, 15) is 4.79 Å². The number of nitrogens with one attached hydrogen (secondary N) is 3. The molecule has 1 aliphatic carbocycles. The molecule has 0 atom stereocenters. The fourth-order valence-electron chi connectivity index (χ4n) is 6.45. The van der Waals surface area contributed by atoms with E-state index in [0.29, 0.717) is 12.5 Å². The number of rotatable bonds is 11. The van der Waals surface area contributed by atoms with Crippen LogP contribution in [0.4, 0.5) is 0 Å². The quantitative estimate of drug-likeness (QED) is 0.153. The first-order chi connectivity index (χ1) is 22.7. The number of imidazole rings is 2. The maximum absolute atomic E-state index is 10.7. The van der Waals surface area contributed by atoms with Gasteiger partial charge in [0.25, 0.3) is 0 Å². The van der Waals surface area contributed by atoms with E-state index >= 15 is 0 Å². The molecule has 0 bridgehead atoms. The lowest BCUT2D eigenvalue weighted by Gasteiger charge is -2.26. The van der Waals surface area contributed by atoms with Gasteiger partial charge in [0.05, 0.1) is 28.7 Å². The number of benzene rings is 3. The average Bonchev–Trinajstić information content (AvgIpc) is 3.67. The second-order valence-corrected chi connectivity index (χ2v) is 12.5. The molecule has 46 heavy (non-hydrogen) atoms. The van der Waals surface area contributed by atoms with Gasteiger partial charge in [0.2, 0.25) is 0 Å². The molecule has 3 N–H and O–H groups in total. The number of aromatic nitrogens is 4. The van der Waals surface area contributed by atoms with Crippen molar-refractivity contribution < 1.29 is 9.47 Å². The third kappa shape index (κ3) is 8.39. The Kier molecular flexibility index (Phi) is 11.1. The molecular formula is C37H48N6O3. The highest BCUT2D eigenvalue weighted by molar-refractivity contribution is 5.82. The number of fused-ring (bicyclic) bond motifs is 2. The number of unbranched alkanes of at least 4 members (excludes halogenated alkanes) is 1. The van der Waals surface area contributed by atoms with Gasteiger partial charge in [0, 0.05) is 50.9 Å². The van der Waals surface area contributed by atoms with E-state index in [1.165, 1.54) is 32.1 Å². The topological polar surface area (TPSA) is 100 Å². The summed E-state index contributed by atoms with van der Waals surface area (Å²) in [5.41, 5.74) is 4.83. The normalized spacial score (nSPS) is 15.9. The highest BCUT2D eigenvalue weighted by atomic mass is 16.5. The van der Waals surface area contributed by atoms with Crippen molar-refractivity contribution in [3.8, 4) is 22.9 Å². The third-order valence-electron chi connectivity index (χ3n) is 9.07. The Morgan fingerprint density at radius 1 is 0.848 bits per heavy atom. The van der Waals surface area contributed by atoms with E-state index in [4.69, 9.17) is 14.5 Å². The van der Waals surface area contributed by atoms with Crippen molar-refractivity contribution in [1.29, 1.82) is 0 Å². The summed E-state index contributed by atoms with van der Waals surface area (Å²) in [7, 11) is 0. The van der Waals surface area contributed by atoms with Gasteiger partial charge in [-0.15, -0.1) is 0 Å². The Morgan fingerprint density at radius 2 is 1.61 bits per heavy atom. The number of hydrogen-bond donors (Lipinski definition) is 3. The number of piperazine rings is 1. The number of aryl methyl sites for hydroxylation is 1. The predicted molar refractivity (Wildman–Crippen MR) is 186 cm³/mol. The first-order valence-corrected chi connectivity index (χ1v) is 17.1. The highest BCUT2D eigenvalue weighted by Crippen LogP contribution is 2.31. The first-order valence-electron chi connectivity index (χ1n) is 17.1. The monoisotopic (exact) mass is 624 g/mol. The molecular weight excluding hydrogens is 576 g/mol. The van der Waals surface area contributed by atoms with Gasteiger partial charge in [0.15, 0.2) is 0 Å². The van der Waals surface area contributed by atoms with E-state index in [1.54, 1.807) is 0 Å². The van der Waals surface area contributed by atoms with Crippen molar-refractivity contribution in [1.82, 2.24) is 29.7 Å². The molecule has 9 heteroatoms. The maximum atomic E-state index is 10.7. The SMILES string of the molecule is CCCCn1c(-c2cccc(OCC3CCCCC3)c2)nc2ccc(OCCN3CCNCC3)cc21.O=c1[nH]c2ccccc2[nH]1. The molecule has 0 amide bonds. The smallest absolute Gasteiger partial charge is 0.323 e. The van der Waals surface area contributed by atoms with Gasteiger partial charge in [-0.25, -0.2) is 9.78 Å². The van der Waals surface area contributed by atoms with Gasteiger partial charge in [-0.1, -0.05) is 56.9 Å². The summed E-state index contributed by atoms with van der Waals surface area (Å²) in [5.74, 6) is 3.58. The first kappa shape index (κ1) is 31.9. The number of nitrogens with zero attached hydrogens (tertiary/aromatic N) is 3. The fraction of sp³-hybridized carbons (Fsp3) is 0.459. The van der Waals surface area contributed by atoms with Crippen molar-refractivity contribution in [2.75, 3.05) is 45.9 Å². The fourth-order valence-corrected chi connectivity index (χ4v) is 6.45. The molecule has 244 valence electrons. The highest BCUT2D eigenvalue weighted by Gasteiger charge is 2.17. The van der Waals surface area contributed by atoms with Crippen LogP contribution in [0.3, 0.4) is 0 Å². The van der Waals surface area contributed by atoms with Crippen molar-refractivity contribution >= 4 is 22.1 Å². The summed E-state index contributed by atoms with van der Waals surface area (Å²) in [6.45, 7) is 10.0. The molecule has 1 saturated heterocycles. The van der Waals surface area contributed by atoms with E-state index in [2.05, 4.69) is 74.1 Å². The zero-order valence-electron chi connectivity index (χ0n) is 27.1. The maximum Gasteiger partial charge on any atom is 0.323 e. The van der Waals surface area contributed by atoms with Crippen LogP contribution in [0.1, 0.15) is 51.9 Å². The van der Waals surface area contributed by atoms with Crippen LogP contribution in [-0.2, 0) is 6.54 Å². The van der Waals surface area contributed by atoms with E-state index < -0.39 is 0 Å². The summed E-state index contributed by atoms with van der Waals surface area (Å²) in [6, 6.07) is 22.3. The zero-order valence-corrected chi connectivity index (χ0v) is 27.1. The molecule has 0 radical (unpaired) electrons. The second kappa shape index (κ2) is 16.0. The summed E-state index contributed by atoms with van der Waals surface area (Å²) in [6.07, 6.45) is 8.92. The Bertz CT molecular complexity index is 1690. The summed E-state index contributed by atoms with van der Waals surface area (Å²) < 4.78 is 14.8. The Hall–Kier alpha value is -4.08. The largest absolute Gasteiger partial charge is 0.493 e. The van der Waals surface area contributed by atoms with Gasteiger partial charge < -0.3 is 29.3 Å². The zero-order chi connectivity index (χ0) is 31.6. The predicted octanol–water partition coefficient (Wildman–Crippen LogP) is 6.60. The summed E-state index contributed by atoms with van der Waals surface area (Å²) in [5, 5.41) is 3.41. The summed E-state index contributed by atoms with van der Waals surface area (Å²) >= 11 is 0. The molecule has 1 saturated carbocycles. The molecule has 2 fully saturated rings. The molecule has 1 aliphatic heterocycles. The second-order valence-electron chi connectivity index (χ2n) is 12.5. The van der Waals surface area contributed by atoms with Crippen LogP contribution in [-0.4, -0.2) is 70.4 Å². The van der Waals surface area contributed by atoms with E-state index in [-0.39, 0.29) is 5.69 Å². The Morgan fingerprint density at radius 3 is 2.37 bits per heavy atom. The lowest BCUT2D eigenvalue weighted by molar-refractivity contribution is 0.191. The Balaban J connectivity index is 0.000000314. The minimum absolute atomic E-state index is 0.152. The summed E-state index contributed by atoms with van der Waals surface area (Å²) in [4.78, 5) is 23.5. The number of hydrogen-bond acceptors (Lipinski definition) is 6. The lowest BCUT2D eigenvalue weighted by atomic mass is 9.90. The molecule has 9 nitrogen and oxygen atoms in total. The van der Waals surface area contributed by atoms with Crippen molar-refractivity contribution in [3.05, 3.63) is 77.2 Å². The van der Waals surface area contributed by atoms with Crippen molar-refractivity contribution in [3.63, 3.8) is 0 Å². The standard InChI is InChI=1S/C30H42N4O2.C7H6N2O/c1-2-3-16-34-29-22-27(35-20-19-33-17-14-31-15-18-33)12-13-28(29)32-30(34)25-10-7-11-26(21-25)36-23-24-8-5-4-6-9-24;10-7-8-5-3-1-2-4-6(5)9-7/h7,10-13,21-22,24,31H,2-6,8-9,14-20,23H2,1H3;1-4H,(H2,8,9,10). The minimum Gasteiger partial charge on any atom is -0.493 e. The van der Waals surface area contributed by atoms with Crippen LogP contribution in [0.25, 0.3) is 33.5 Å². The van der Waals surface area contributed by atoms with Crippen LogP contribution in [0, 0.1) is 5.92 Å². The molecule has 0 spiro atoms. The number of H-pyrrole nitrogens is 2. The Labute approximate surface area is 271 Å². The van der Waals surface area contributed by atoms with Gasteiger partial charge in [0.1, 0.15) is 23.9 Å². The van der Waals surface area contributed by atoms with Gasteiger partial charge in [-0.05, 0) is 61.6 Å². The number of para-hydroxylation sites is 2. The van der Waals surface area contributed by atoms with Gasteiger partial charge >= 0.3 is 5.69 Å². The molecule has 0 unspecified atom stereocenters. The van der Waals surface area contributed by atoms with Crippen LogP contribution >= 0.6 is 0 Å². The van der Waals surface area contributed by atoms with Crippen LogP contribution in [0.2, 0.25) is 0 Å². The van der Waals surface area contributed by atoms with Crippen molar-refractivity contribution in [2.45, 2.75) is 58.4 Å². The van der Waals surface area contributed by atoms with Gasteiger partial charge in [-0.2, -0.15) is 0 Å². The molecule has 2 aromatic heterocycles. The van der Waals surface area contributed by atoms with Crippen LogP contribution in [0.15, 0.2) is 71.5 Å². The van der Waals surface area contributed by atoms with Crippen molar-refractivity contribution in [2.24, 2.45) is 5.92 Å². The molecule has 2 aliphatic rings. The number of ether oxygens (including phenoxy) is 2. The van der Waals surface area contributed by atoms with E-state index in [1.807, 2.05) is 24.3 Å². The molecule has 7 rings (SSSR count). The van der Waals surface area contributed by atoms with Gasteiger partial charge in [-0.3, -0.25) is 4.90 Å².